The van der Waals surface area contributed by atoms with E-state index in [1.165, 1.54) is 116 Å². The summed E-state index contributed by atoms with van der Waals surface area (Å²) in [5.74, 6) is 8.09. The van der Waals surface area contributed by atoms with Crippen molar-refractivity contribution in [3.8, 4) is 11.5 Å². The Labute approximate surface area is 313 Å². The zero-order chi connectivity index (χ0) is 37.1. The summed E-state index contributed by atoms with van der Waals surface area (Å²) in [7, 11) is 0. The molecule has 3 nitrogen and oxygen atoms in total. The van der Waals surface area contributed by atoms with Crippen LogP contribution in [0.1, 0.15) is 203 Å². The second-order valence-electron chi connectivity index (χ2n) is 18.2. The van der Waals surface area contributed by atoms with E-state index in [4.69, 9.17) is 9.47 Å². The number of ether oxygens (including phenoxy) is 2. The van der Waals surface area contributed by atoms with Crippen molar-refractivity contribution in [1.82, 2.24) is 0 Å². The van der Waals surface area contributed by atoms with Crippen molar-refractivity contribution in [1.29, 1.82) is 0 Å². The van der Waals surface area contributed by atoms with E-state index in [2.05, 4.69) is 69.2 Å². The average Bonchev–Trinajstić information content (AvgIpc) is 3.04. The number of benzene rings is 1. The zero-order valence-electron chi connectivity index (χ0n) is 35.4. The van der Waals surface area contributed by atoms with E-state index in [0.717, 1.165) is 72.0 Å². The third-order valence-corrected chi connectivity index (χ3v) is 11.5. The summed E-state index contributed by atoms with van der Waals surface area (Å²) in [5, 5.41) is 9.90. The molecule has 0 saturated carbocycles. The fraction of sp³-hybridized carbons (Fsp3) is 0.872. The van der Waals surface area contributed by atoms with Gasteiger partial charge in [0.15, 0.2) is 0 Å². The van der Waals surface area contributed by atoms with Crippen LogP contribution in [0.3, 0.4) is 0 Å². The molecule has 0 heterocycles. The first kappa shape index (κ1) is 46.8. The van der Waals surface area contributed by atoms with E-state index in [0.29, 0.717) is 18.4 Å². The quantitative estimate of drug-likeness (QED) is 0.0793. The van der Waals surface area contributed by atoms with E-state index < -0.39 is 0 Å². The molecule has 50 heavy (non-hydrogen) atoms. The van der Waals surface area contributed by atoms with Crippen LogP contribution in [0, 0.1) is 47.3 Å². The van der Waals surface area contributed by atoms with Gasteiger partial charge in [0.1, 0.15) is 11.5 Å². The highest BCUT2D eigenvalue weighted by molar-refractivity contribution is 5.40. The third kappa shape index (κ3) is 25.7. The SMILES string of the molecule is CC(C)CCCC(C)CCCC(C)CCCC(C)CCOc1ccc(CO)c(OCCC(C)CCCC(C)CCCC(C)CCCC(C)C)c1. The molecule has 1 rings (SSSR count). The fourth-order valence-electron chi connectivity index (χ4n) is 7.51. The van der Waals surface area contributed by atoms with Gasteiger partial charge in [0, 0.05) is 11.6 Å². The molecule has 3 heteroatoms. The minimum absolute atomic E-state index is 0.00738. The van der Waals surface area contributed by atoms with Gasteiger partial charge in [-0.1, -0.05) is 185 Å². The lowest BCUT2D eigenvalue weighted by atomic mass is 9.91. The number of rotatable bonds is 33. The molecule has 1 N–H and O–H groups in total. The molecule has 0 amide bonds. The summed E-state index contributed by atoms with van der Waals surface area (Å²) in [4.78, 5) is 0. The lowest BCUT2D eigenvalue weighted by Gasteiger charge is -2.18. The summed E-state index contributed by atoms with van der Waals surface area (Å²) >= 11 is 0. The van der Waals surface area contributed by atoms with Crippen molar-refractivity contribution in [3.05, 3.63) is 23.8 Å². The molecule has 0 aliphatic carbocycles. The van der Waals surface area contributed by atoms with E-state index in [1.54, 1.807) is 0 Å². The van der Waals surface area contributed by atoms with E-state index >= 15 is 0 Å². The molecule has 0 spiro atoms. The van der Waals surface area contributed by atoms with Crippen LogP contribution in [0.15, 0.2) is 18.2 Å². The number of aliphatic hydroxyl groups is 1. The predicted molar refractivity (Wildman–Crippen MR) is 220 cm³/mol. The van der Waals surface area contributed by atoms with Crippen LogP contribution < -0.4 is 9.47 Å². The Morgan fingerprint density at radius 3 is 1.08 bits per heavy atom. The Morgan fingerprint density at radius 1 is 0.420 bits per heavy atom. The molecule has 0 aliphatic heterocycles. The van der Waals surface area contributed by atoms with Gasteiger partial charge in [0.2, 0.25) is 0 Å². The molecule has 0 aromatic heterocycles. The summed E-state index contributed by atoms with van der Waals surface area (Å²) in [5.41, 5.74) is 0.844. The van der Waals surface area contributed by atoms with Gasteiger partial charge in [0.25, 0.3) is 0 Å². The molecule has 1 aromatic rings. The smallest absolute Gasteiger partial charge is 0.128 e. The van der Waals surface area contributed by atoms with Gasteiger partial charge in [-0.15, -0.1) is 0 Å². The number of aliphatic hydroxyl groups excluding tert-OH is 1. The van der Waals surface area contributed by atoms with Crippen LogP contribution in [-0.4, -0.2) is 18.3 Å². The highest BCUT2D eigenvalue weighted by atomic mass is 16.5. The van der Waals surface area contributed by atoms with Crippen molar-refractivity contribution >= 4 is 0 Å². The van der Waals surface area contributed by atoms with Crippen LogP contribution in [0.5, 0.6) is 11.5 Å². The van der Waals surface area contributed by atoms with E-state index in [9.17, 15) is 5.11 Å². The second-order valence-corrected chi connectivity index (χ2v) is 18.2. The zero-order valence-corrected chi connectivity index (χ0v) is 35.4. The second kappa shape index (κ2) is 29.3. The molecule has 0 bridgehead atoms. The fourth-order valence-corrected chi connectivity index (χ4v) is 7.51. The Bertz CT molecular complexity index is 910. The highest BCUT2D eigenvalue weighted by Crippen LogP contribution is 2.28. The molecular formula is C47H88O3. The molecule has 0 radical (unpaired) electrons. The lowest BCUT2D eigenvalue weighted by Crippen LogP contribution is -2.08. The van der Waals surface area contributed by atoms with Gasteiger partial charge in [-0.2, -0.15) is 0 Å². The maximum atomic E-state index is 9.90. The first-order valence-electron chi connectivity index (χ1n) is 21.9. The van der Waals surface area contributed by atoms with Crippen molar-refractivity contribution in [3.63, 3.8) is 0 Å². The van der Waals surface area contributed by atoms with Crippen molar-refractivity contribution < 1.29 is 14.6 Å². The molecule has 0 fully saturated rings. The number of hydrogen-bond donors (Lipinski definition) is 1. The maximum absolute atomic E-state index is 9.90. The Kier molecular flexibility index (Phi) is 27.4. The van der Waals surface area contributed by atoms with Crippen LogP contribution in [-0.2, 0) is 6.61 Å². The molecule has 6 unspecified atom stereocenters. The normalized spacial score (nSPS) is 15.6. The Morgan fingerprint density at radius 2 is 0.740 bits per heavy atom. The molecule has 1 aromatic carbocycles. The highest BCUT2D eigenvalue weighted by Gasteiger charge is 2.12. The van der Waals surface area contributed by atoms with Crippen LogP contribution >= 0.6 is 0 Å². The molecule has 0 aliphatic rings. The summed E-state index contributed by atoms with van der Waals surface area (Å²) in [6.07, 6.45) is 26.7. The Hall–Kier alpha value is -1.22. The summed E-state index contributed by atoms with van der Waals surface area (Å²) in [6, 6.07) is 5.92. The minimum atomic E-state index is -0.00738. The van der Waals surface area contributed by atoms with E-state index in [1.807, 2.05) is 18.2 Å². The molecule has 0 saturated heterocycles. The van der Waals surface area contributed by atoms with E-state index in [-0.39, 0.29) is 6.61 Å². The van der Waals surface area contributed by atoms with Gasteiger partial charge in [0.05, 0.1) is 19.8 Å². The van der Waals surface area contributed by atoms with Gasteiger partial charge >= 0.3 is 0 Å². The number of hydrogen-bond acceptors (Lipinski definition) is 3. The topological polar surface area (TPSA) is 38.7 Å². The van der Waals surface area contributed by atoms with Crippen molar-refractivity contribution in [2.24, 2.45) is 47.3 Å². The summed E-state index contributed by atoms with van der Waals surface area (Å²) < 4.78 is 12.4. The predicted octanol–water partition coefficient (Wildman–Crippen LogP) is 14.9. The molecular weight excluding hydrogens is 613 g/mol. The molecule has 6 atom stereocenters. The van der Waals surface area contributed by atoms with Gasteiger partial charge in [-0.05, 0) is 72.3 Å². The third-order valence-electron chi connectivity index (χ3n) is 11.5. The average molecular weight is 701 g/mol. The molecule has 294 valence electrons. The van der Waals surface area contributed by atoms with Crippen LogP contribution in [0.4, 0.5) is 0 Å². The van der Waals surface area contributed by atoms with Crippen molar-refractivity contribution in [2.75, 3.05) is 13.2 Å². The lowest BCUT2D eigenvalue weighted by molar-refractivity contribution is 0.245. The van der Waals surface area contributed by atoms with Gasteiger partial charge in [-0.25, -0.2) is 0 Å². The first-order valence-corrected chi connectivity index (χ1v) is 21.9. The van der Waals surface area contributed by atoms with Gasteiger partial charge < -0.3 is 14.6 Å². The van der Waals surface area contributed by atoms with Crippen LogP contribution in [0.2, 0.25) is 0 Å². The monoisotopic (exact) mass is 701 g/mol. The van der Waals surface area contributed by atoms with Crippen molar-refractivity contribution in [2.45, 2.75) is 204 Å². The van der Waals surface area contributed by atoms with Crippen LogP contribution in [0.25, 0.3) is 0 Å². The minimum Gasteiger partial charge on any atom is -0.493 e. The first-order chi connectivity index (χ1) is 23.9. The summed E-state index contributed by atoms with van der Waals surface area (Å²) in [6.45, 7) is 25.3. The standard InChI is InChI=1S/C47H88O3/c1-37(2)17-11-19-39(5)21-13-23-41(7)25-15-27-43(9)31-33-49-46-30-29-45(36-48)47(35-46)50-34-32-44(10)28-16-26-42(8)24-14-22-40(6)20-12-18-38(3)4/h29-30,35,37-44,48H,11-28,31-34,36H2,1-10H3. The van der Waals surface area contributed by atoms with Gasteiger partial charge in [-0.3, -0.25) is 0 Å². The maximum Gasteiger partial charge on any atom is 0.128 e. The largest absolute Gasteiger partial charge is 0.493 e. The Balaban J connectivity index is 2.22.